The average Bonchev–Trinajstić information content (AvgIpc) is 3.00. The minimum Gasteiger partial charge on any atom is -0.449 e. The molecule has 3 amide bonds. The first kappa shape index (κ1) is 21.2. The van der Waals surface area contributed by atoms with Gasteiger partial charge in [-0.15, -0.1) is 0 Å². The third kappa shape index (κ3) is 3.62. The zero-order valence-corrected chi connectivity index (χ0v) is 17.3. The van der Waals surface area contributed by atoms with Gasteiger partial charge in [0.25, 0.3) is 0 Å². The summed E-state index contributed by atoms with van der Waals surface area (Å²) in [5.74, 6) is -2.27. The van der Waals surface area contributed by atoms with E-state index in [1.165, 1.54) is 4.90 Å². The number of likely N-dealkylation sites (tertiary alicyclic amines) is 1. The molecule has 1 saturated heterocycles. The van der Waals surface area contributed by atoms with Crippen molar-refractivity contribution in [3.8, 4) is 0 Å². The fourth-order valence-corrected chi connectivity index (χ4v) is 6.00. The van der Waals surface area contributed by atoms with Gasteiger partial charge >= 0.3 is 6.09 Å². The van der Waals surface area contributed by atoms with Gasteiger partial charge < -0.3 is 14.9 Å². The predicted octanol–water partition coefficient (Wildman–Crippen LogP) is 1.17. The highest BCUT2D eigenvalue weighted by molar-refractivity contribution is 6.06. The summed E-state index contributed by atoms with van der Waals surface area (Å²) in [4.78, 5) is 39.6. The summed E-state index contributed by atoms with van der Waals surface area (Å²) in [7, 11) is 0. The molecule has 4 fully saturated rings. The Labute approximate surface area is 175 Å². The van der Waals surface area contributed by atoms with Crippen molar-refractivity contribution in [1.29, 1.82) is 0 Å². The number of aliphatic hydroxyl groups is 2. The molecule has 1 aliphatic heterocycles. The SMILES string of the molecule is CCOC(=O)NN=C1C[C@@H](O)[C@@H](O)[C@@H]2[C@@H]3C(=O)N(C4CCCCC4)C(=O)[C@@H]3CC[C@H]12. The van der Waals surface area contributed by atoms with Crippen LogP contribution in [0.5, 0.6) is 0 Å². The molecule has 0 spiro atoms. The van der Waals surface area contributed by atoms with Gasteiger partial charge in [0, 0.05) is 30.0 Å². The molecule has 0 aromatic carbocycles. The maximum absolute atomic E-state index is 13.4. The van der Waals surface area contributed by atoms with Gasteiger partial charge in [0.15, 0.2) is 0 Å². The van der Waals surface area contributed by atoms with Crippen LogP contribution in [0.4, 0.5) is 4.79 Å². The Balaban J connectivity index is 1.59. The van der Waals surface area contributed by atoms with Gasteiger partial charge in [-0.3, -0.25) is 14.5 Å². The van der Waals surface area contributed by atoms with Crippen LogP contribution in [0.15, 0.2) is 5.10 Å². The van der Waals surface area contributed by atoms with E-state index in [0.29, 0.717) is 18.6 Å². The summed E-state index contributed by atoms with van der Waals surface area (Å²) in [5.41, 5.74) is 2.88. The standard InChI is InChI=1S/C21H31N3O6/c1-2-30-21(29)23-22-14-10-15(25)18(26)16-12(14)8-9-13-17(16)20(28)24(19(13)27)11-6-4-3-5-7-11/h11-13,15-18,25-26H,2-10H2,1H3,(H,23,29)/t12-,13-,15-,16+,17-,18-/m1/s1. The largest absolute Gasteiger partial charge is 0.449 e. The molecule has 1 heterocycles. The van der Waals surface area contributed by atoms with Gasteiger partial charge in [-0.25, -0.2) is 10.2 Å². The number of nitrogens with zero attached hydrogens (tertiary/aromatic N) is 2. The lowest BCUT2D eigenvalue weighted by Gasteiger charge is -2.45. The quantitative estimate of drug-likeness (QED) is 0.464. The highest BCUT2D eigenvalue weighted by Crippen LogP contribution is 2.50. The third-order valence-electron chi connectivity index (χ3n) is 7.32. The molecule has 0 bridgehead atoms. The van der Waals surface area contributed by atoms with E-state index in [9.17, 15) is 24.6 Å². The number of fused-ring (bicyclic) bond motifs is 3. The molecule has 0 radical (unpaired) electrons. The fourth-order valence-electron chi connectivity index (χ4n) is 6.00. The number of ether oxygens (including phenoxy) is 1. The maximum Gasteiger partial charge on any atom is 0.427 e. The van der Waals surface area contributed by atoms with Crippen LogP contribution >= 0.6 is 0 Å². The monoisotopic (exact) mass is 421 g/mol. The first-order chi connectivity index (χ1) is 14.4. The molecule has 4 aliphatic rings. The van der Waals surface area contributed by atoms with Crippen LogP contribution in [0.2, 0.25) is 0 Å². The number of carbonyl (C=O) groups excluding carboxylic acids is 3. The normalized spacial score (nSPS) is 38.4. The molecule has 30 heavy (non-hydrogen) atoms. The number of carbonyl (C=O) groups is 3. The van der Waals surface area contributed by atoms with Crippen molar-refractivity contribution in [3.63, 3.8) is 0 Å². The molecule has 9 nitrogen and oxygen atoms in total. The van der Waals surface area contributed by atoms with Crippen molar-refractivity contribution < 1.29 is 29.3 Å². The highest BCUT2D eigenvalue weighted by Gasteiger charge is 2.60. The molecule has 3 N–H and O–H groups in total. The summed E-state index contributed by atoms with van der Waals surface area (Å²) < 4.78 is 4.82. The second kappa shape index (κ2) is 8.63. The lowest BCUT2D eigenvalue weighted by atomic mass is 9.60. The summed E-state index contributed by atoms with van der Waals surface area (Å²) >= 11 is 0. The molecule has 0 unspecified atom stereocenters. The zero-order valence-electron chi connectivity index (χ0n) is 17.3. The number of nitrogens with one attached hydrogen (secondary N) is 1. The van der Waals surface area contributed by atoms with Gasteiger partial charge in [0.2, 0.25) is 11.8 Å². The lowest BCUT2D eigenvalue weighted by Crippen LogP contribution is -2.55. The van der Waals surface area contributed by atoms with Crippen molar-refractivity contribution in [1.82, 2.24) is 10.3 Å². The highest BCUT2D eigenvalue weighted by atomic mass is 16.5. The number of hydrogen-bond donors (Lipinski definition) is 3. The molecular formula is C21H31N3O6. The Kier molecular flexibility index (Phi) is 6.11. The number of hydrazone groups is 1. The van der Waals surface area contributed by atoms with E-state index in [0.717, 1.165) is 32.1 Å². The van der Waals surface area contributed by atoms with Crippen molar-refractivity contribution in [2.24, 2.45) is 28.8 Å². The zero-order chi connectivity index (χ0) is 21.4. The van der Waals surface area contributed by atoms with E-state index in [2.05, 4.69) is 10.5 Å². The molecule has 6 atom stereocenters. The van der Waals surface area contributed by atoms with Crippen LogP contribution in [0.25, 0.3) is 0 Å². The van der Waals surface area contributed by atoms with Gasteiger partial charge in [-0.2, -0.15) is 5.10 Å². The van der Waals surface area contributed by atoms with Crippen LogP contribution in [0.3, 0.4) is 0 Å². The second-order valence-corrected chi connectivity index (χ2v) is 8.93. The molecule has 0 aromatic rings. The van der Waals surface area contributed by atoms with Gasteiger partial charge in [0.05, 0.1) is 30.7 Å². The minimum atomic E-state index is -1.10. The van der Waals surface area contributed by atoms with Crippen LogP contribution in [0, 0.1) is 23.7 Å². The Morgan fingerprint density at radius 1 is 1.10 bits per heavy atom. The van der Waals surface area contributed by atoms with E-state index < -0.39 is 36.1 Å². The van der Waals surface area contributed by atoms with Crippen LogP contribution < -0.4 is 5.43 Å². The van der Waals surface area contributed by atoms with E-state index >= 15 is 0 Å². The topological polar surface area (TPSA) is 129 Å². The van der Waals surface area contributed by atoms with Crippen molar-refractivity contribution in [3.05, 3.63) is 0 Å². The smallest absolute Gasteiger partial charge is 0.427 e. The first-order valence-electron chi connectivity index (χ1n) is 11.2. The van der Waals surface area contributed by atoms with Crippen LogP contribution in [-0.4, -0.2) is 63.6 Å². The Hall–Kier alpha value is -2.00. The second-order valence-electron chi connectivity index (χ2n) is 8.93. The number of imide groups is 1. The number of amides is 3. The van der Waals surface area contributed by atoms with Crippen molar-refractivity contribution in [2.45, 2.75) is 76.5 Å². The summed E-state index contributed by atoms with van der Waals surface area (Å²) in [5, 5.41) is 25.4. The molecule has 166 valence electrons. The fraction of sp³-hybridized carbons (Fsp3) is 0.810. The number of rotatable bonds is 3. The van der Waals surface area contributed by atoms with Crippen LogP contribution in [-0.2, 0) is 14.3 Å². The van der Waals surface area contributed by atoms with Gasteiger partial charge in [-0.05, 0) is 32.6 Å². The van der Waals surface area contributed by atoms with E-state index in [1.807, 2.05) is 0 Å². The lowest BCUT2D eigenvalue weighted by molar-refractivity contribution is -0.145. The van der Waals surface area contributed by atoms with E-state index in [1.54, 1.807) is 6.92 Å². The Morgan fingerprint density at radius 2 is 1.80 bits per heavy atom. The Morgan fingerprint density at radius 3 is 2.50 bits per heavy atom. The Bertz CT molecular complexity index is 734. The van der Waals surface area contributed by atoms with Gasteiger partial charge in [0.1, 0.15) is 0 Å². The molecule has 3 aliphatic carbocycles. The molecule has 9 heteroatoms. The summed E-state index contributed by atoms with van der Waals surface area (Å²) in [6.07, 6.45) is 3.18. The van der Waals surface area contributed by atoms with Crippen LogP contribution in [0.1, 0.15) is 58.3 Å². The number of hydrogen-bond acceptors (Lipinski definition) is 7. The van der Waals surface area contributed by atoms with E-state index in [-0.39, 0.29) is 36.8 Å². The van der Waals surface area contributed by atoms with Gasteiger partial charge in [-0.1, -0.05) is 19.3 Å². The van der Waals surface area contributed by atoms with Crippen molar-refractivity contribution in [2.75, 3.05) is 6.61 Å². The predicted molar refractivity (Wildman–Crippen MR) is 106 cm³/mol. The summed E-state index contributed by atoms with van der Waals surface area (Å²) in [6, 6.07) is -0.0490. The molecule has 4 rings (SSSR count). The van der Waals surface area contributed by atoms with E-state index in [4.69, 9.17) is 4.74 Å². The third-order valence-corrected chi connectivity index (χ3v) is 7.32. The number of aliphatic hydroxyl groups excluding tert-OH is 2. The summed E-state index contributed by atoms with van der Waals surface area (Å²) in [6.45, 7) is 1.90. The minimum absolute atomic E-state index is 0.0490. The molecule has 0 aromatic heterocycles. The molecular weight excluding hydrogens is 390 g/mol. The maximum atomic E-state index is 13.4. The first-order valence-corrected chi connectivity index (χ1v) is 11.2. The van der Waals surface area contributed by atoms with Crippen molar-refractivity contribution >= 4 is 23.6 Å². The molecule has 3 saturated carbocycles. The average molecular weight is 421 g/mol.